The van der Waals surface area contributed by atoms with E-state index in [9.17, 15) is 4.79 Å². The number of hydrogen-bond donors (Lipinski definition) is 3. The van der Waals surface area contributed by atoms with Gasteiger partial charge in [0.15, 0.2) is 0 Å². The highest BCUT2D eigenvalue weighted by Gasteiger charge is 2.30. The summed E-state index contributed by atoms with van der Waals surface area (Å²) >= 11 is 0. The van der Waals surface area contributed by atoms with Crippen molar-refractivity contribution in [2.45, 2.75) is 38.1 Å². The average molecular weight is 357 g/mol. The Labute approximate surface area is 154 Å². The maximum atomic E-state index is 12.3. The zero-order valence-electron chi connectivity index (χ0n) is 15.3. The molecular weight excluding hydrogens is 330 g/mol. The lowest BCUT2D eigenvalue weighted by atomic mass is 10.0. The number of nitrogens with zero attached hydrogens (tertiary/aromatic N) is 2. The topological polar surface area (TPSA) is 78.5 Å². The van der Waals surface area contributed by atoms with Gasteiger partial charge in [-0.25, -0.2) is 9.78 Å². The Balaban J connectivity index is 1.45. The smallest absolute Gasteiger partial charge is 0.320 e. The van der Waals surface area contributed by atoms with Crippen molar-refractivity contribution in [3.63, 3.8) is 0 Å². The van der Waals surface area contributed by atoms with E-state index < -0.39 is 0 Å². The summed E-state index contributed by atoms with van der Waals surface area (Å²) in [5.74, 6) is 0.573. The third-order valence-electron chi connectivity index (χ3n) is 5.47. The van der Waals surface area contributed by atoms with Crippen LogP contribution in [0.5, 0.6) is 0 Å². The molecule has 3 heterocycles. The summed E-state index contributed by atoms with van der Waals surface area (Å²) in [5.41, 5.74) is 2.98. The Morgan fingerprint density at radius 2 is 2.04 bits per heavy atom. The number of nitrogens with one attached hydrogen (secondary N) is 3. The van der Waals surface area contributed by atoms with Crippen LogP contribution in [0.15, 0.2) is 17.8 Å². The van der Waals surface area contributed by atoms with Crippen LogP contribution in [0.1, 0.15) is 38.3 Å². The first kappa shape index (κ1) is 17.1. The maximum absolute atomic E-state index is 12.3. The van der Waals surface area contributed by atoms with Gasteiger partial charge < -0.3 is 20.3 Å². The molecule has 1 saturated heterocycles. The van der Waals surface area contributed by atoms with E-state index in [-0.39, 0.29) is 11.6 Å². The predicted molar refractivity (Wildman–Crippen MR) is 102 cm³/mol. The van der Waals surface area contributed by atoms with Crippen LogP contribution in [0.3, 0.4) is 0 Å². The van der Waals surface area contributed by atoms with E-state index in [1.807, 2.05) is 12.1 Å². The Kier molecular flexibility index (Phi) is 4.72. The van der Waals surface area contributed by atoms with Gasteiger partial charge in [-0.05, 0) is 38.0 Å². The molecule has 0 atom stereocenters. The van der Waals surface area contributed by atoms with Crippen LogP contribution in [0, 0.1) is 0 Å². The lowest BCUT2D eigenvalue weighted by Gasteiger charge is -2.33. The molecule has 26 heavy (non-hydrogen) atoms. The van der Waals surface area contributed by atoms with Crippen LogP contribution >= 0.6 is 0 Å². The first-order valence-electron chi connectivity index (χ1n) is 9.49. The molecule has 2 aliphatic heterocycles. The third kappa shape index (κ3) is 3.77. The molecule has 3 N–H and O–H groups in total. The van der Waals surface area contributed by atoms with Crippen LogP contribution in [-0.2, 0) is 4.74 Å². The Hall–Kier alpha value is -2.28. The first-order valence-corrected chi connectivity index (χ1v) is 9.49. The maximum Gasteiger partial charge on any atom is 0.320 e. The molecule has 0 unspecified atom stereocenters. The molecule has 2 amide bonds. The monoisotopic (exact) mass is 357 g/mol. The highest BCUT2D eigenvalue weighted by atomic mass is 16.5. The number of carbonyl (C=O) groups is 1. The van der Waals surface area contributed by atoms with Crippen molar-refractivity contribution >= 4 is 23.6 Å². The van der Waals surface area contributed by atoms with E-state index in [1.54, 1.807) is 0 Å². The fourth-order valence-corrected chi connectivity index (χ4v) is 3.95. The summed E-state index contributed by atoms with van der Waals surface area (Å²) in [6.07, 6.45) is 6.53. The fourth-order valence-electron chi connectivity index (χ4n) is 3.95. The summed E-state index contributed by atoms with van der Waals surface area (Å²) in [5, 5.41) is 9.40. The number of aromatic nitrogens is 1. The number of pyridine rings is 1. The summed E-state index contributed by atoms with van der Waals surface area (Å²) < 4.78 is 5.43. The van der Waals surface area contributed by atoms with E-state index in [0.717, 1.165) is 57.1 Å². The highest BCUT2D eigenvalue weighted by molar-refractivity contribution is 5.89. The Bertz CT molecular complexity index is 706. The summed E-state index contributed by atoms with van der Waals surface area (Å²) in [6, 6.07) is 3.64. The lowest BCUT2D eigenvalue weighted by molar-refractivity contribution is 0.0538. The number of carbonyl (C=O) groups excluding carboxylic acids is 1. The second-order valence-corrected chi connectivity index (χ2v) is 7.56. The van der Waals surface area contributed by atoms with E-state index in [2.05, 4.69) is 38.8 Å². The number of ether oxygens (including phenoxy) is 1. The standard InChI is InChI=1S/C19H27N5O2/c1-19(6-2-3-7-19)23-18(25)22-17-5-4-15-16(21-17)12-14(13-20-15)24-8-10-26-11-9-24/h4-5,12,20H,2-3,6-11,13H2,1H3,(H2,21,22,23,25). The van der Waals surface area contributed by atoms with Gasteiger partial charge in [-0.1, -0.05) is 12.8 Å². The van der Waals surface area contributed by atoms with E-state index in [0.29, 0.717) is 5.82 Å². The lowest BCUT2D eigenvalue weighted by Crippen LogP contribution is -2.45. The number of amides is 2. The van der Waals surface area contributed by atoms with Crippen LogP contribution < -0.4 is 16.0 Å². The second kappa shape index (κ2) is 7.15. The van der Waals surface area contributed by atoms with Crippen LogP contribution in [0.2, 0.25) is 0 Å². The van der Waals surface area contributed by atoms with Crippen molar-refractivity contribution in [2.24, 2.45) is 0 Å². The quantitative estimate of drug-likeness (QED) is 0.775. The summed E-state index contributed by atoms with van der Waals surface area (Å²) in [4.78, 5) is 19.3. The summed E-state index contributed by atoms with van der Waals surface area (Å²) in [6.45, 7) is 6.24. The number of fused-ring (bicyclic) bond motifs is 1. The molecule has 0 radical (unpaired) electrons. The molecule has 1 aromatic rings. The van der Waals surface area contributed by atoms with Crippen molar-refractivity contribution < 1.29 is 9.53 Å². The van der Waals surface area contributed by atoms with Crippen molar-refractivity contribution in [2.75, 3.05) is 43.5 Å². The minimum absolute atomic E-state index is 0.0940. The predicted octanol–water partition coefficient (Wildman–Crippen LogP) is 2.63. The molecule has 7 heteroatoms. The van der Waals surface area contributed by atoms with Crippen molar-refractivity contribution in [1.29, 1.82) is 0 Å². The summed E-state index contributed by atoms with van der Waals surface area (Å²) in [7, 11) is 0. The molecule has 1 aromatic heterocycles. The molecule has 7 nitrogen and oxygen atoms in total. The molecule has 3 aliphatic rings. The molecule has 4 rings (SSSR count). The molecule has 1 aliphatic carbocycles. The molecule has 1 saturated carbocycles. The first-order chi connectivity index (χ1) is 12.6. The molecule has 0 spiro atoms. The minimum Gasteiger partial charge on any atom is -0.378 e. The van der Waals surface area contributed by atoms with Crippen molar-refractivity contribution in [1.82, 2.24) is 15.2 Å². The molecular formula is C19H27N5O2. The van der Waals surface area contributed by atoms with E-state index >= 15 is 0 Å². The van der Waals surface area contributed by atoms with Crippen LogP contribution in [0.25, 0.3) is 6.08 Å². The van der Waals surface area contributed by atoms with E-state index in [4.69, 9.17) is 4.74 Å². The van der Waals surface area contributed by atoms with Gasteiger partial charge in [-0.3, -0.25) is 5.32 Å². The van der Waals surface area contributed by atoms with Gasteiger partial charge in [0, 0.05) is 24.3 Å². The fraction of sp³-hybridized carbons (Fsp3) is 0.579. The van der Waals surface area contributed by atoms with Gasteiger partial charge in [0.25, 0.3) is 0 Å². The SMILES string of the molecule is CC1(NC(=O)Nc2ccc3c(n2)C=C(N2CCOCC2)CN3)CCCC1. The number of anilines is 2. The number of urea groups is 1. The minimum atomic E-state index is -0.178. The van der Waals surface area contributed by atoms with Gasteiger partial charge in [0.2, 0.25) is 0 Å². The Morgan fingerprint density at radius 1 is 1.27 bits per heavy atom. The second-order valence-electron chi connectivity index (χ2n) is 7.56. The van der Waals surface area contributed by atoms with Crippen LogP contribution in [0.4, 0.5) is 16.3 Å². The highest BCUT2D eigenvalue weighted by Crippen LogP contribution is 2.29. The van der Waals surface area contributed by atoms with Crippen molar-refractivity contribution in [3.05, 3.63) is 23.5 Å². The largest absolute Gasteiger partial charge is 0.378 e. The number of morpholine rings is 1. The van der Waals surface area contributed by atoms with Gasteiger partial charge in [0.1, 0.15) is 5.82 Å². The van der Waals surface area contributed by atoms with Gasteiger partial charge in [-0.2, -0.15) is 0 Å². The number of rotatable bonds is 3. The zero-order chi connectivity index (χ0) is 18.0. The average Bonchev–Trinajstić information content (AvgIpc) is 3.07. The molecule has 0 bridgehead atoms. The zero-order valence-corrected chi connectivity index (χ0v) is 15.3. The van der Waals surface area contributed by atoms with Gasteiger partial charge in [0.05, 0.1) is 31.1 Å². The molecule has 0 aromatic carbocycles. The Morgan fingerprint density at radius 3 is 2.81 bits per heavy atom. The van der Waals surface area contributed by atoms with E-state index in [1.165, 1.54) is 18.5 Å². The third-order valence-corrected chi connectivity index (χ3v) is 5.47. The normalized spacial score (nSPS) is 21.4. The van der Waals surface area contributed by atoms with Gasteiger partial charge in [-0.15, -0.1) is 0 Å². The number of hydrogen-bond acceptors (Lipinski definition) is 5. The molecule has 2 fully saturated rings. The van der Waals surface area contributed by atoms with Crippen molar-refractivity contribution in [3.8, 4) is 0 Å². The van der Waals surface area contributed by atoms with Gasteiger partial charge >= 0.3 is 6.03 Å². The molecule has 140 valence electrons. The van der Waals surface area contributed by atoms with Crippen LogP contribution in [-0.4, -0.2) is 54.3 Å².